The second-order valence-electron chi connectivity index (χ2n) is 8.07. The number of aliphatic hydroxyl groups is 1. The third kappa shape index (κ3) is 5.50. The number of aryl methyl sites for hydroxylation is 2. The number of hydrogen-bond acceptors (Lipinski definition) is 2. The van der Waals surface area contributed by atoms with Gasteiger partial charge in [0.25, 0.3) is 0 Å². The minimum absolute atomic E-state index is 0.0316. The average Bonchev–Trinajstić information content (AvgIpc) is 2.59. The molecule has 146 valence electrons. The third-order valence-corrected chi connectivity index (χ3v) is 5.35. The highest BCUT2D eigenvalue weighted by Crippen LogP contribution is 2.33. The Kier molecular flexibility index (Phi) is 6.96. The molecule has 0 spiro atoms. The van der Waals surface area contributed by atoms with Crippen LogP contribution in [-0.4, -0.2) is 36.2 Å². The summed E-state index contributed by atoms with van der Waals surface area (Å²) in [5, 5.41) is 11.8. The number of benzene rings is 2. The quantitative estimate of drug-likeness (QED) is 0.741. The van der Waals surface area contributed by atoms with Gasteiger partial charge >= 0.3 is 0 Å². The Balaban J connectivity index is 2.45. The molecule has 2 atom stereocenters. The lowest BCUT2D eigenvalue weighted by atomic mass is 9.76. The van der Waals surface area contributed by atoms with E-state index in [0.29, 0.717) is 6.42 Å². The molecule has 0 fully saturated rings. The summed E-state index contributed by atoms with van der Waals surface area (Å²) in [7, 11) is 4.04. The molecule has 2 aromatic rings. The van der Waals surface area contributed by atoms with Crippen molar-refractivity contribution >= 4 is 6.08 Å². The Morgan fingerprint density at radius 1 is 1.15 bits per heavy atom. The average molecular weight is 370 g/mol. The van der Waals surface area contributed by atoms with Crippen LogP contribution in [-0.2, 0) is 6.42 Å². The summed E-state index contributed by atoms with van der Waals surface area (Å²) in [5.41, 5.74) is 4.34. The normalized spacial score (nSPS) is 15.7. The van der Waals surface area contributed by atoms with Crippen LogP contribution >= 0.6 is 0 Å². The lowest BCUT2D eigenvalue weighted by molar-refractivity contribution is 0.0148. The fourth-order valence-corrected chi connectivity index (χ4v) is 3.62. The fraction of sp³-hybridized carbons (Fsp3) is 0.417. The van der Waals surface area contributed by atoms with E-state index in [9.17, 15) is 9.50 Å². The lowest BCUT2D eigenvalue weighted by Crippen LogP contribution is -2.44. The van der Waals surface area contributed by atoms with Gasteiger partial charge in [-0.3, -0.25) is 0 Å². The standard InChI is InChI=1S/C24H32FNO/c1-17-7-8-18(2)22(13-17)15-24(27,20(4)16-26(5)6)19(3)14-21-9-11-23(25)12-10-21/h7-14,20,27H,15-16H2,1-6H3. The van der Waals surface area contributed by atoms with Crippen molar-refractivity contribution in [1.29, 1.82) is 0 Å². The lowest BCUT2D eigenvalue weighted by Gasteiger charge is -2.37. The maximum absolute atomic E-state index is 13.2. The monoisotopic (exact) mass is 369 g/mol. The summed E-state index contributed by atoms with van der Waals surface area (Å²) in [6, 6.07) is 12.8. The molecule has 0 saturated carbocycles. The molecule has 2 aromatic carbocycles. The van der Waals surface area contributed by atoms with Crippen molar-refractivity contribution < 1.29 is 9.50 Å². The van der Waals surface area contributed by atoms with Crippen molar-refractivity contribution in [3.8, 4) is 0 Å². The van der Waals surface area contributed by atoms with Crippen molar-refractivity contribution in [2.75, 3.05) is 20.6 Å². The van der Waals surface area contributed by atoms with Crippen LogP contribution in [0.1, 0.15) is 36.1 Å². The molecule has 0 saturated heterocycles. The SMILES string of the molecule is CC(=Cc1ccc(F)cc1)C(O)(Cc1cc(C)ccc1C)C(C)CN(C)C. The van der Waals surface area contributed by atoms with E-state index in [-0.39, 0.29) is 11.7 Å². The molecule has 0 radical (unpaired) electrons. The van der Waals surface area contributed by atoms with Gasteiger partial charge in [0.05, 0.1) is 5.60 Å². The molecule has 0 aliphatic rings. The summed E-state index contributed by atoms with van der Waals surface area (Å²) in [6.07, 6.45) is 2.52. The van der Waals surface area contributed by atoms with Crippen molar-refractivity contribution in [2.24, 2.45) is 5.92 Å². The maximum Gasteiger partial charge on any atom is 0.123 e. The first-order valence-corrected chi connectivity index (χ1v) is 9.49. The van der Waals surface area contributed by atoms with E-state index in [1.54, 1.807) is 12.1 Å². The van der Waals surface area contributed by atoms with Gasteiger partial charge in [0.1, 0.15) is 5.82 Å². The smallest absolute Gasteiger partial charge is 0.123 e. The van der Waals surface area contributed by atoms with Gasteiger partial charge in [-0.05, 0) is 69.3 Å². The topological polar surface area (TPSA) is 23.5 Å². The fourth-order valence-electron chi connectivity index (χ4n) is 3.62. The van der Waals surface area contributed by atoms with Crippen LogP contribution in [0, 0.1) is 25.6 Å². The Hall–Kier alpha value is -1.97. The van der Waals surface area contributed by atoms with Gasteiger partial charge in [0.2, 0.25) is 0 Å². The van der Waals surface area contributed by atoms with Gasteiger partial charge in [-0.2, -0.15) is 0 Å². The van der Waals surface area contributed by atoms with E-state index < -0.39 is 5.60 Å². The maximum atomic E-state index is 13.2. The highest BCUT2D eigenvalue weighted by molar-refractivity contribution is 5.55. The van der Waals surface area contributed by atoms with Crippen molar-refractivity contribution in [1.82, 2.24) is 4.90 Å². The minimum Gasteiger partial charge on any atom is -0.385 e. The zero-order valence-corrected chi connectivity index (χ0v) is 17.4. The number of nitrogens with zero attached hydrogens (tertiary/aromatic N) is 1. The second-order valence-corrected chi connectivity index (χ2v) is 8.07. The van der Waals surface area contributed by atoms with Crippen molar-refractivity contribution in [3.63, 3.8) is 0 Å². The van der Waals surface area contributed by atoms with Crippen LogP contribution < -0.4 is 0 Å². The summed E-state index contributed by atoms with van der Waals surface area (Å²) in [6.45, 7) is 9.00. The molecule has 0 aromatic heterocycles. The van der Waals surface area contributed by atoms with E-state index >= 15 is 0 Å². The molecule has 2 nitrogen and oxygen atoms in total. The van der Waals surface area contributed by atoms with Gasteiger partial charge in [-0.1, -0.05) is 48.9 Å². The molecule has 0 aliphatic heterocycles. The van der Waals surface area contributed by atoms with E-state index in [1.165, 1.54) is 23.3 Å². The number of halogens is 1. The molecule has 3 heteroatoms. The molecule has 0 bridgehead atoms. The van der Waals surface area contributed by atoms with Crippen LogP contribution in [0.5, 0.6) is 0 Å². The highest BCUT2D eigenvalue weighted by Gasteiger charge is 2.36. The van der Waals surface area contributed by atoms with Crippen LogP contribution in [0.2, 0.25) is 0 Å². The van der Waals surface area contributed by atoms with Gasteiger partial charge in [-0.15, -0.1) is 0 Å². The Labute approximate surface area is 163 Å². The van der Waals surface area contributed by atoms with Crippen molar-refractivity contribution in [2.45, 2.75) is 39.7 Å². The largest absolute Gasteiger partial charge is 0.385 e. The van der Waals surface area contributed by atoms with Crippen LogP contribution in [0.3, 0.4) is 0 Å². The van der Waals surface area contributed by atoms with Gasteiger partial charge in [0.15, 0.2) is 0 Å². The van der Waals surface area contributed by atoms with Crippen LogP contribution in [0.15, 0.2) is 48.0 Å². The van der Waals surface area contributed by atoms with Crippen LogP contribution in [0.4, 0.5) is 4.39 Å². The van der Waals surface area contributed by atoms with Crippen LogP contribution in [0.25, 0.3) is 6.08 Å². The first-order chi connectivity index (χ1) is 12.6. The van der Waals surface area contributed by atoms with Gasteiger partial charge in [0, 0.05) is 18.9 Å². The van der Waals surface area contributed by atoms with E-state index in [2.05, 4.69) is 43.9 Å². The van der Waals surface area contributed by atoms with Gasteiger partial charge < -0.3 is 10.0 Å². The molecule has 2 rings (SSSR count). The zero-order chi connectivity index (χ0) is 20.2. The molecule has 27 heavy (non-hydrogen) atoms. The Morgan fingerprint density at radius 3 is 2.37 bits per heavy atom. The minimum atomic E-state index is -0.989. The number of rotatable bonds is 7. The molecular weight excluding hydrogens is 337 g/mol. The first kappa shape index (κ1) is 21.3. The molecule has 0 aliphatic carbocycles. The number of hydrogen-bond donors (Lipinski definition) is 1. The zero-order valence-electron chi connectivity index (χ0n) is 17.4. The highest BCUT2D eigenvalue weighted by atomic mass is 19.1. The summed E-state index contributed by atoms with van der Waals surface area (Å²) in [5.74, 6) is -0.222. The second kappa shape index (κ2) is 8.81. The molecule has 0 amide bonds. The molecule has 1 N–H and O–H groups in total. The summed E-state index contributed by atoms with van der Waals surface area (Å²) < 4.78 is 13.2. The first-order valence-electron chi connectivity index (χ1n) is 9.49. The van der Waals surface area contributed by atoms with Gasteiger partial charge in [-0.25, -0.2) is 4.39 Å². The predicted octanol–water partition coefficient (Wildman–Crippen LogP) is 5.02. The summed E-state index contributed by atoms with van der Waals surface area (Å²) in [4.78, 5) is 2.10. The molecule has 0 heterocycles. The van der Waals surface area contributed by atoms with E-state index in [4.69, 9.17) is 0 Å². The predicted molar refractivity (Wildman–Crippen MR) is 112 cm³/mol. The van der Waals surface area contributed by atoms with Crippen molar-refractivity contribution in [3.05, 3.63) is 76.1 Å². The van der Waals surface area contributed by atoms with E-state index in [0.717, 1.165) is 23.2 Å². The van der Waals surface area contributed by atoms with E-state index in [1.807, 2.05) is 27.1 Å². The molecular formula is C24H32FNO. The third-order valence-electron chi connectivity index (χ3n) is 5.35. The Morgan fingerprint density at radius 2 is 1.78 bits per heavy atom. The summed E-state index contributed by atoms with van der Waals surface area (Å²) >= 11 is 0. The molecule has 2 unspecified atom stereocenters. The Bertz CT molecular complexity index is 795.